The monoisotopic (exact) mass is 341 g/mol. The first-order valence-corrected chi connectivity index (χ1v) is 10.2. The van der Waals surface area contributed by atoms with E-state index < -0.39 is 6.15 Å². The van der Waals surface area contributed by atoms with Crippen molar-refractivity contribution in [2.45, 2.75) is 45.3 Å². The molecule has 3 aromatic rings. The molecule has 0 nitrogen and oxygen atoms in total. The van der Waals surface area contributed by atoms with E-state index in [9.17, 15) is 0 Å². The second-order valence-corrected chi connectivity index (χ2v) is 7.48. The molecule has 134 valence electrons. The molecule has 0 aliphatic rings. The highest BCUT2D eigenvalue weighted by molar-refractivity contribution is 7.11. The molecule has 0 spiro atoms. The van der Waals surface area contributed by atoms with E-state index in [2.05, 4.69) is 97.9 Å². The molecular formula is C25H30B-. The Balaban J connectivity index is 2.06. The molecule has 3 rings (SSSR count). The minimum Gasteiger partial charge on any atom is -0.200 e. The average molecular weight is 341 g/mol. The Hall–Kier alpha value is -2.28. The summed E-state index contributed by atoms with van der Waals surface area (Å²) in [5, 5.41) is 0. The molecule has 26 heavy (non-hydrogen) atoms. The third kappa shape index (κ3) is 4.10. The number of unbranched alkanes of at least 4 members (excludes halogenated alkanes) is 4. The zero-order valence-corrected chi connectivity index (χ0v) is 16.0. The van der Waals surface area contributed by atoms with Gasteiger partial charge in [0.15, 0.2) is 0 Å². The standard InChI is InChI=1S/C25H30B/c1-2-3-4-5-15-22-26(23-16-9-6-10-17-23,24-18-11-7-12-19-24)25-20-13-8-14-21-25/h6-14,16-21H,2-5,15,22H2,1H3/q-1. The van der Waals surface area contributed by atoms with Crippen LogP contribution in [0.2, 0.25) is 6.32 Å². The van der Waals surface area contributed by atoms with Crippen LogP contribution < -0.4 is 16.4 Å². The number of hydrogen-bond donors (Lipinski definition) is 0. The average Bonchev–Trinajstić information content (AvgIpc) is 2.73. The summed E-state index contributed by atoms with van der Waals surface area (Å²) in [6, 6.07) is 33.5. The van der Waals surface area contributed by atoms with Gasteiger partial charge in [-0.1, -0.05) is 130 Å². The Morgan fingerprint density at radius 3 is 1.27 bits per heavy atom. The van der Waals surface area contributed by atoms with Gasteiger partial charge in [-0.2, -0.15) is 22.7 Å². The third-order valence-electron chi connectivity index (χ3n) is 5.85. The first-order chi connectivity index (χ1) is 12.9. The van der Waals surface area contributed by atoms with E-state index in [4.69, 9.17) is 0 Å². The molecule has 0 saturated carbocycles. The van der Waals surface area contributed by atoms with Gasteiger partial charge in [-0.15, -0.1) is 0 Å². The largest absolute Gasteiger partial charge is 0.200 e. The number of benzene rings is 3. The second kappa shape index (κ2) is 9.43. The van der Waals surface area contributed by atoms with Crippen LogP contribution in [0.4, 0.5) is 0 Å². The van der Waals surface area contributed by atoms with Crippen LogP contribution in [0.15, 0.2) is 91.0 Å². The molecule has 0 aromatic heterocycles. The molecule has 0 fully saturated rings. The van der Waals surface area contributed by atoms with Crippen molar-refractivity contribution in [2.24, 2.45) is 0 Å². The number of hydrogen-bond acceptors (Lipinski definition) is 0. The first-order valence-electron chi connectivity index (χ1n) is 10.2. The van der Waals surface area contributed by atoms with Gasteiger partial charge in [0.05, 0.1) is 6.15 Å². The highest BCUT2D eigenvalue weighted by atomic mass is 14.1. The van der Waals surface area contributed by atoms with Gasteiger partial charge in [0.2, 0.25) is 0 Å². The van der Waals surface area contributed by atoms with Crippen molar-refractivity contribution in [2.75, 3.05) is 0 Å². The SMILES string of the molecule is CCCCCCC[B-](c1ccccc1)(c1ccccc1)c1ccccc1. The summed E-state index contributed by atoms with van der Waals surface area (Å²) in [6.07, 6.45) is 6.87. The lowest BCUT2D eigenvalue weighted by molar-refractivity contribution is 0.654. The molecule has 1 heteroatoms. The Kier molecular flexibility index (Phi) is 6.71. The number of rotatable bonds is 9. The summed E-state index contributed by atoms with van der Waals surface area (Å²) < 4.78 is 0. The molecule has 0 bridgehead atoms. The van der Waals surface area contributed by atoms with E-state index in [1.165, 1.54) is 54.8 Å². The van der Waals surface area contributed by atoms with Crippen molar-refractivity contribution >= 4 is 22.5 Å². The van der Waals surface area contributed by atoms with Gasteiger partial charge < -0.3 is 0 Å². The zero-order chi connectivity index (χ0) is 18.1. The van der Waals surface area contributed by atoms with E-state index >= 15 is 0 Å². The van der Waals surface area contributed by atoms with Crippen molar-refractivity contribution in [3.63, 3.8) is 0 Å². The molecular weight excluding hydrogens is 311 g/mol. The fourth-order valence-electron chi connectivity index (χ4n) is 4.48. The normalized spacial score (nSPS) is 11.4. The maximum absolute atomic E-state index is 2.33. The fourth-order valence-corrected chi connectivity index (χ4v) is 4.48. The molecule has 0 saturated heterocycles. The van der Waals surface area contributed by atoms with Gasteiger partial charge in [-0.05, 0) is 0 Å². The molecule has 0 N–H and O–H groups in total. The van der Waals surface area contributed by atoms with Crippen molar-refractivity contribution in [1.29, 1.82) is 0 Å². The maximum atomic E-state index is 2.33. The van der Waals surface area contributed by atoms with Crippen LogP contribution >= 0.6 is 0 Å². The van der Waals surface area contributed by atoms with E-state index in [1.807, 2.05) is 0 Å². The second-order valence-electron chi connectivity index (χ2n) is 7.48. The molecule has 0 aliphatic carbocycles. The van der Waals surface area contributed by atoms with Crippen molar-refractivity contribution in [3.05, 3.63) is 91.0 Å². The van der Waals surface area contributed by atoms with Crippen molar-refractivity contribution < 1.29 is 0 Å². The van der Waals surface area contributed by atoms with E-state index in [-0.39, 0.29) is 0 Å². The predicted octanol–water partition coefficient (Wildman–Crippen LogP) is 5.13. The maximum Gasteiger partial charge on any atom is 0.0814 e. The van der Waals surface area contributed by atoms with Crippen molar-refractivity contribution in [3.8, 4) is 0 Å². The van der Waals surface area contributed by atoms with Gasteiger partial charge in [-0.3, -0.25) is 0 Å². The van der Waals surface area contributed by atoms with Crippen LogP contribution in [0.1, 0.15) is 39.0 Å². The topological polar surface area (TPSA) is 0 Å². The quantitative estimate of drug-likeness (QED) is 0.374. The lowest BCUT2D eigenvalue weighted by Crippen LogP contribution is -2.66. The van der Waals surface area contributed by atoms with Gasteiger partial charge in [0.1, 0.15) is 0 Å². The highest BCUT2D eigenvalue weighted by Crippen LogP contribution is 2.18. The van der Waals surface area contributed by atoms with Gasteiger partial charge in [0.25, 0.3) is 0 Å². The highest BCUT2D eigenvalue weighted by Gasteiger charge is 2.28. The molecule has 0 aliphatic heterocycles. The summed E-state index contributed by atoms with van der Waals surface area (Å²) in [7, 11) is 0. The van der Waals surface area contributed by atoms with Crippen LogP contribution in [-0.4, -0.2) is 6.15 Å². The summed E-state index contributed by atoms with van der Waals surface area (Å²) in [6.45, 7) is 2.28. The van der Waals surface area contributed by atoms with Crippen LogP contribution in [0.3, 0.4) is 0 Å². The van der Waals surface area contributed by atoms with Crippen LogP contribution in [-0.2, 0) is 0 Å². The lowest BCUT2D eigenvalue weighted by atomic mass is 9.14. The predicted molar refractivity (Wildman–Crippen MR) is 118 cm³/mol. The summed E-state index contributed by atoms with van der Waals surface area (Å²) in [5.41, 5.74) is 4.38. The van der Waals surface area contributed by atoms with Crippen molar-refractivity contribution in [1.82, 2.24) is 0 Å². The van der Waals surface area contributed by atoms with Gasteiger partial charge >= 0.3 is 0 Å². The molecule has 3 aromatic carbocycles. The van der Waals surface area contributed by atoms with E-state index in [1.54, 1.807) is 0 Å². The Morgan fingerprint density at radius 2 is 0.885 bits per heavy atom. The van der Waals surface area contributed by atoms with Gasteiger partial charge in [-0.25, -0.2) is 0 Å². The minimum absolute atomic E-state index is 0.933. The Labute approximate surface area is 159 Å². The van der Waals surface area contributed by atoms with Crippen LogP contribution in [0.5, 0.6) is 0 Å². The molecule has 0 atom stereocenters. The fraction of sp³-hybridized carbons (Fsp3) is 0.280. The van der Waals surface area contributed by atoms with E-state index in [0.29, 0.717) is 0 Å². The molecule has 0 radical (unpaired) electrons. The smallest absolute Gasteiger partial charge is 0.0814 e. The minimum atomic E-state index is -0.933. The van der Waals surface area contributed by atoms with Crippen LogP contribution in [0, 0.1) is 0 Å². The van der Waals surface area contributed by atoms with E-state index in [0.717, 1.165) is 0 Å². The summed E-state index contributed by atoms with van der Waals surface area (Å²) in [5.74, 6) is 0. The summed E-state index contributed by atoms with van der Waals surface area (Å²) >= 11 is 0. The van der Waals surface area contributed by atoms with Crippen LogP contribution in [0.25, 0.3) is 0 Å². The third-order valence-corrected chi connectivity index (χ3v) is 5.85. The first kappa shape index (κ1) is 18.5. The molecule has 0 heterocycles. The Morgan fingerprint density at radius 1 is 0.500 bits per heavy atom. The zero-order valence-electron chi connectivity index (χ0n) is 16.0. The summed E-state index contributed by atoms with van der Waals surface area (Å²) in [4.78, 5) is 0. The molecule has 0 unspecified atom stereocenters. The lowest BCUT2D eigenvalue weighted by Gasteiger charge is -2.43. The van der Waals surface area contributed by atoms with Gasteiger partial charge in [0, 0.05) is 0 Å². The molecule has 0 amide bonds. The Bertz CT molecular complexity index is 653.